The van der Waals surface area contributed by atoms with Crippen LogP contribution >= 0.6 is 0 Å². The van der Waals surface area contributed by atoms with Gasteiger partial charge in [-0.1, -0.05) is 40.5 Å². The van der Waals surface area contributed by atoms with Crippen molar-refractivity contribution in [2.75, 3.05) is 26.2 Å². The molecule has 2 atom stereocenters. The Balaban J connectivity index is 2.70. The average Bonchev–Trinajstić information content (AvgIpc) is 2.42. The predicted octanol–water partition coefficient (Wildman–Crippen LogP) is 3.76. The maximum Gasteiger partial charge on any atom is 0.0251 e. The van der Waals surface area contributed by atoms with Gasteiger partial charge in [-0.25, -0.2) is 0 Å². The SMILES string of the molecule is CCCN(CC)C1CCCCC1N(CC)CCC. The topological polar surface area (TPSA) is 6.48 Å². The van der Waals surface area contributed by atoms with Crippen molar-refractivity contribution in [3.63, 3.8) is 0 Å². The minimum absolute atomic E-state index is 0.815. The highest BCUT2D eigenvalue weighted by atomic mass is 15.2. The Morgan fingerprint density at radius 3 is 1.39 bits per heavy atom. The maximum absolute atomic E-state index is 2.74. The smallest absolute Gasteiger partial charge is 0.0251 e. The summed E-state index contributed by atoms with van der Waals surface area (Å²) < 4.78 is 0. The molecule has 1 rings (SSSR count). The second-order valence-electron chi connectivity index (χ2n) is 5.68. The third kappa shape index (κ3) is 4.24. The number of hydrogen-bond donors (Lipinski definition) is 0. The van der Waals surface area contributed by atoms with E-state index >= 15 is 0 Å². The number of rotatable bonds is 8. The lowest BCUT2D eigenvalue weighted by Gasteiger charge is -2.44. The molecule has 2 heteroatoms. The minimum Gasteiger partial charge on any atom is -0.299 e. The summed E-state index contributed by atoms with van der Waals surface area (Å²) in [5, 5.41) is 0. The van der Waals surface area contributed by atoms with Crippen molar-refractivity contribution in [3.8, 4) is 0 Å². The number of likely N-dealkylation sites (N-methyl/N-ethyl adjacent to an activating group) is 2. The van der Waals surface area contributed by atoms with E-state index in [1.807, 2.05) is 0 Å². The van der Waals surface area contributed by atoms with E-state index in [1.165, 1.54) is 64.7 Å². The maximum atomic E-state index is 2.74. The van der Waals surface area contributed by atoms with Gasteiger partial charge >= 0.3 is 0 Å². The van der Waals surface area contributed by atoms with Gasteiger partial charge in [-0.3, -0.25) is 9.80 Å². The van der Waals surface area contributed by atoms with Crippen LogP contribution in [0.5, 0.6) is 0 Å². The quantitative estimate of drug-likeness (QED) is 0.651. The van der Waals surface area contributed by atoms with Gasteiger partial charge in [-0.05, 0) is 51.9 Å². The molecule has 0 heterocycles. The van der Waals surface area contributed by atoms with E-state index in [0.717, 1.165) is 12.1 Å². The Morgan fingerprint density at radius 1 is 0.722 bits per heavy atom. The van der Waals surface area contributed by atoms with E-state index in [2.05, 4.69) is 37.5 Å². The summed E-state index contributed by atoms with van der Waals surface area (Å²) in [5.41, 5.74) is 0. The second-order valence-corrected chi connectivity index (χ2v) is 5.68. The molecule has 1 fully saturated rings. The molecule has 0 spiro atoms. The fraction of sp³-hybridized carbons (Fsp3) is 1.00. The lowest BCUT2D eigenvalue weighted by atomic mass is 9.87. The van der Waals surface area contributed by atoms with Crippen LogP contribution in [-0.2, 0) is 0 Å². The molecule has 2 nitrogen and oxygen atoms in total. The molecule has 0 aliphatic heterocycles. The van der Waals surface area contributed by atoms with Crippen molar-refractivity contribution in [2.45, 2.75) is 78.3 Å². The zero-order valence-corrected chi connectivity index (χ0v) is 13.1. The van der Waals surface area contributed by atoms with Crippen LogP contribution in [0.1, 0.15) is 66.2 Å². The summed E-state index contributed by atoms with van der Waals surface area (Å²) in [6.07, 6.45) is 8.28. The molecule has 1 saturated carbocycles. The second kappa shape index (κ2) is 8.92. The van der Waals surface area contributed by atoms with Gasteiger partial charge in [-0.2, -0.15) is 0 Å². The first-order chi connectivity index (χ1) is 8.78. The van der Waals surface area contributed by atoms with Gasteiger partial charge in [0.25, 0.3) is 0 Å². The van der Waals surface area contributed by atoms with Gasteiger partial charge in [-0.15, -0.1) is 0 Å². The highest BCUT2D eigenvalue weighted by Crippen LogP contribution is 2.27. The van der Waals surface area contributed by atoms with E-state index in [1.54, 1.807) is 0 Å². The Labute approximate surface area is 115 Å². The average molecular weight is 254 g/mol. The minimum atomic E-state index is 0.815. The van der Waals surface area contributed by atoms with E-state index in [-0.39, 0.29) is 0 Å². The molecule has 18 heavy (non-hydrogen) atoms. The van der Waals surface area contributed by atoms with Crippen LogP contribution in [0.15, 0.2) is 0 Å². The molecule has 0 amide bonds. The van der Waals surface area contributed by atoms with Crippen LogP contribution in [0, 0.1) is 0 Å². The molecule has 0 aromatic carbocycles. The van der Waals surface area contributed by atoms with Crippen molar-refractivity contribution in [3.05, 3.63) is 0 Å². The van der Waals surface area contributed by atoms with E-state index in [9.17, 15) is 0 Å². The third-order valence-electron chi connectivity index (χ3n) is 4.47. The molecule has 0 bridgehead atoms. The van der Waals surface area contributed by atoms with Crippen molar-refractivity contribution < 1.29 is 0 Å². The van der Waals surface area contributed by atoms with Crippen LogP contribution in [0.25, 0.3) is 0 Å². The Morgan fingerprint density at radius 2 is 1.11 bits per heavy atom. The largest absolute Gasteiger partial charge is 0.299 e. The molecular weight excluding hydrogens is 220 g/mol. The molecule has 0 saturated heterocycles. The summed E-state index contributed by atoms with van der Waals surface area (Å²) in [6.45, 7) is 14.3. The molecule has 0 N–H and O–H groups in total. The standard InChI is InChI=1S/C16H34N2/c1-5-13-17(7-3)15-11-9-10-12-16(15)18(8-4)14-6-2/h15-16H,5-14H2,1-4H3. The molecule has 2 unspecified atom stereocenters. The summed E-state index contributed by atoms with van der Waals surface area (Å²) in [6, 6.07) is 1.63. The summed E-state index contributed by atoms with van der Waals surface area (Å²) in [7, 11) is 0. The molecule has 0 aromatic rings. The Kier molecular flexibility index (Phi) is 7.92. The summed E-state index contributed by atoms with van der Waals surface area (Å²) in [5.74, 6) is 0. The first kappa shape index (κ1) is 16.0. The zero-order valence-electron chi connectivity index (χ0n) is 13.1. The zero-order chi connectivity index (χ0) is 13.4. The molecule has 0 aromatic heterocycles. The van der Waals surface area contributed by atoms with Gasteiger partial charge in [0.05, 0.1) is 0 Å². The van der Waals surface area contributed by atoms with Crippen LogP contribution in [0.4, 0.5) is 0 Å². The normalized spacial score (nSPS) is 25.0. The number of hydrogen-bond acceptors (Lipinski definition) is 2. The lowest BCUT2D eigenvalue weighted by Crippen LogP contribution is -2.53. The van der Waals surface area contributed by atoms with Crippen LogP contribution in [0.2, 0.25) is 0 Å². The molecule has 0 radical (unpaired) electrons. The molecular formula is C16H34N2. The molecule has 1 aliphatic carbocycles. The first-order valence-corrected chi connectivity index (χ1v) is 8.26. The van der Waals surface area contributed by atoms with Crippen molar-refractivity contribution in [1.29, 1.82) is 0 Å². The Hall–Kier alpha value is -0.0800. The van der Waals surface area contributed by atoms with Crippen LogP contribution in [-0.4, -0.2) is 48.1 Å². The van der Waals surface area contributed by atoms with Gasteiger partial charge in [0.15, 0.2) is 0 Å². The summed E-state index contributed by atoms with van der Waals surface area (Å²) in [4.78, 5) is 5.48. The van der Waals surface area contributed by atoms with Gasteiger partial charge in [0, 0.05) is 12.1 Å². The highest BCUT2D eigenvalue weighted by molar-refractivity contribution is 4.89. The van der Waals surface area contributed by atoms with Crippen LogP contribution in [0.3, 0.4) is 0 Å². The Bertz CT molecular complexity index is 183. The lowest BCUT2D eigenvalue weighted by molar-refractivity contribution is 0.0529. The highest BCUT2D eigenvalue weighted by Gasteiger charge is 2.32. The van der Waals surface area contributed by atoms with Crippen molar-refractivity contribution in [2.24, 2.45) is 0 Å². The van der Waals surface area contributed by atoms with Gasteiger partial charge in [0.1, 0.15) is 0 Å². The third-order valence-corrected chi connectivity index (χ3v) is 4.47. The fourth-order valence-electron chi connectivity index (χ4n) is 3.63. The van der Waals surface area contributed by atoms with E-state index in [4.69, 9.17) is 0 Å². The van der Waals surface area contributed by atoms with Crippen molar-refractivity contribution in [1.82, 2.24) is 9.80 Å². The van der Waals surface area contributed by atoms with Crippen molar-refractivity contribution >= 4 is 0 Å². The predicted molar refractivity (Wildman–Crippen MR) is 81.1 cm³/mol. The van der Waals surface area contributed by atoms with Crippen LogP contribution < -0.4 is 0 Å². The fourth-order valence-corrected chi connectivity index (χ4v) is 3.63. The first-order valence-electron chi connectivity index (χ1n) is 8.26. The summed E-state index contributed by atoms with van der Waals surface area (Å²) >= 11 is 0. The monoisotopic (exact) mass is 254 g/mol. The van der Waals surface area contributed by atoms with Gasteiger partial charge in [0.2, 0.25) is 0 Å². The van der Waals surface area contributed by atoms with E-state index < -0.39 is 0 Å². The van der Waals surface area contributed by atoms with E-state index in [0.29, 0.717) is 0 Å². The number of nitrogens with zero attached hydrogens (tertiary/aromatic N) is 2. The molecule has 1 aliphatic rings. The molecule has 108 valence electrons. The van der Waals surface area contributed by atoms with Gasteiger partial charge < -0.3 is 0 Å².